The smallest absolute Gasteiger partial charge is 0.273 e. The van der Waals surface area contributed by atoms with Crippen molar-refractivity contribution < 1.29 is 9.72 Å². The molecule has 2 N–H and O–H groups in total. The summed E-state index contributed by atoms with van der Waals surface area (Å²) < 4.78 is 0. The maximum atomic E-state index is 12.2. The normalized spacial score (nSPS) is 16.5. The summed E-state index contributed by atoms with van der Waals surface area (Å²) in [6.45, 7) is 3.83. The van der Waals surface area contributed by atoms with Gasteiger partial charge in [0, 0.05) is 22.9 Å². The van der Waals surface area contributed by atoms with E-state index in [4.69, 9.17) is 0 Å². The van der Waals surface area contributed by atoms with Crippen LogP contribution in [0.4, 0.5) is 11.4 Å². The molecule has 6 heteroatoms. The van der Waals surface area contributed by atoms with E-state index in [0.717, 1.165) is 5.69 Å². The molecular weight excluding hydrogens is 294 g/mol. The van der Waals surface area contributed by atoms with E-state index in [2.05, 4.69) is 10.6 Å². The number of nitrogens with zero attached hydrogens (tertiary/aromatic N) is 1. The number of carbonyl (C=O) groups is 1. The van der Waals surface area contributed by atoms with Crippen LogP contribution in [0.2, 0.25) is 0 Å². The van der Waals surface area contributed by atoms with E-state index in [1.54, 1.807) is 18.2 Å². The first-order valence-electron chi connectivity index (χ1n) is 7.42. The number of fused-ring (bicyclic) bond motifs is 1. The van der Waals surface area contributed by atoms with Crippen LogP contribution in [0.15, 0.2) is 42.5 Å². The zero-order valence-corrected chi connectivity index (χ0v) is 12.9. The molecule has 23 heavy (non-hydrogen) atoms. The molecule has 0 saturated carbocycles. The largest absolute Gasteiger partial charge is 0.361 e. The van der Waals surface area contributed by atoms with Gasteiger partial charge in [0.25, 0.3) is 11.6 Å². The number of nitro benzene ring substituents is 1. The van der Waals surface area contributed by atoms with Crippen LogP contribution in [0.3, 0.4) is 0 Å². The van der Waals surface area contributed by atoms with E-state index >= 15 is 0 Å². The van der Waals surface area contributed by atoms with Gasteiger partial charge in [-0.05, 0) is 18.1 Å². The third-order valence-electron chi connectivity index (χ3n) is 3.95. The van der Waals surface area contributed by atoms with E-state index < -0.39 is 6.17 Å². The van der Waals surface area contributed by atoms with E-state index in [1.165, 1.54) is 6.07 Å². The lowest BCUT2D eigenvalue weighted by Gasteiger charge is -2.28. The molecule has 118 valence electrons. The van der Waals surface area contributed by atoms with Gasteiger partial charge in [0.2, 0.25) is 0 Å². The summed E-state index contributed by atoms with van der Waals surface area (Å²) in [7, 11) is 0. The second-order valence-corrected chi connectivity index (χ2v) is 5.83. The molecule has 0 aromatic heterocycles. The summed E-state index contributed by atoms with van der Waals surface area (Å²) in [5, 5.41) is 17.4. The predicted octanol–water partition coefficient (Wildman–Crippen LogP) is 3.57. The molecule has 0 bridgehead atoms. The molecule has 0 aliphatic carbocycles. The van der Waals surface area contributed by atoms with Crippen molar-refractivity contribution in [2.24, 2.45) is 0 Å². The summed E-state index contributed by atoms with van der Waals surface area (Å²) in [5.41, 5.74) is 2.70. The number of nitrogens with one attached hydrogen (secondary N) is 2. The zero-order chi connectivity index (χ0) is 16.6. The Morgan fingerprint density at radius 2 is 1.87 bits per heavy atom. The van der Waals surface area contributed by atoms with Crippen molar-refractivity contribution in [2.45, 2.75) is 25.9 Å². The second kappa shape index (κ2) is 5.72. The molecule has 0 spiro atoms. The topological polar surface area (TPSA) is 84.3 Å². The Balaban J connectivity index is 1.99. The Bertz CT molecular complexity index is 786. The van der Waals surface area contributed by atoms with Crippen molar-refractivity contribution in [2.75, 3.05) is 5.32 Å². The first-order valence-corrected chi connectivity index (χ1v) is 7.42. The highest BCUT2D eigenvalue weighted by Gasteiger charge is 2.26. The van der Waals surface area contributed by atoms with Crippen molar-refractivity contribution >= 4 is 17.3 Å². The highest BCUT2D eigenvalue weighted by atomic mass is 16.6. The van der Waals surface area contributed by atoms with Gasteiger partial charge in [0.05, 0.1) is 10.5 Å². The second-order valence-electron chi connectivity index (χ2n) is 5.83. The molecule has 0 saturated heterocycles. The maximum Gasteiger partial charge on any atom is 0.273 e. The van der Waals surface area contributed by atoms with Crippen LogP contribution >= 0.6 is 0 Å². The van der Waals surface area contributed by atoms with Crippen LogP contribution in [-0.4, -0.2) is 10.8 Å². The first-order chi connectivity index (χ1) is 11.0. The van der Waals surface area contributed by atoms with Gasteiger partial charge in [-0.2, -0.15) is 0 Å². The quantitative estimate of drug-likeness (QED) is 0.670. The number of amides is 1. The number of nitro groups is 1. The number of rotatable bonds is 3. The Kier molecular flexibility index (Phi) is 3.73. The molecule has 1 amide bonds. The third-order valence-corrected chi connectivity index (χ3v) is 3.95. The molecule has 0 radical (unpaired) electrons. The van der Waals surface area contributed by atoms with Gasteiger partial charge < -0.3 is 10.6 Å². The van der Waals surface area contributed by atoms with Gasteiger partial charge in [0.15, 0.2) is 0 Å². The Morgan fingerprint density at radius 1 is 1.13 bits per heavy atom. The molecule has 0 unspecified atom stereocenters. The molecule has 2 aromatic rings. The van der Waals surface area contributed by atoms with Crippen LogP contribution in [0.5, 0.6) is 0 Å². The van der Waals surface area contributed by atoms with Crippen LogP contribution in [0.25, 0.3) is 0 Å². The molecule has 1 atom stereocenters. The third kappa shape index (κ3) is 2.75. The average Bonchev–Trinajstić information content (AvgIpc) is 2.54. The highest BCUT2D eigenvalue weighted by molar-refractivity contribution is 6.01. The predicted molar refractivity (Wildman–Crippen MR) is 87.5 cm³/mol. The molecule has 1 aliphatic rings. The highest BCUT2D eigenvalue weighted by Crippen LogP contribution is 2.32. The zero-order valence-electron chi connectivity index (χ0n) is 12.9. The summed E-state index contributed by atoms with van der Waals surface area (Å²) in [6, 6.07) is 12.3. The Hall–Kier alpha value is -2.89. The van der Waals surface area contributed by atoms with E-state index in [0.29, 0.717) is 16.7 Å². The fraction of sp³-hybridized carbons (Fsp3) is 0.235. The molecule has 0 fully saturated rings. The summed E-state index contributed by atoms with van der Waals surface area (Å²) in [6.07, 6.45) is -0.489. The number of benzene rings is 2. The van der Waals surface area contributed by atoms with Crippen molar-refractivity contribution in [1.82, 2.24) is 5.32 Å². The van der Waals surface area contributed by atoms with E-state index in [1.807, 2.05) is 32.0 Å². The van der Waals surface area contributed by atoms with E-state index in [-0.39, 0.29) is 22.4 Å². The fourth-order valence-electron chi connectivity index (χ4n) is 2.76. The summed E-state index contributed by atoms with van der Waals surface area (Å²) >= 11 is 0. The minimum Gasteiger partial charge on any atom is -0.361 e. The summed E-state index contributed by atoms with van der Waals surface area (Å²) in [5.74, 6) is -0.140. The van der Waals surface area contributed by atoms with Gasteiger partial charge in [-0.15, -0.1) is 0 Å². The number of hydrogen-bond acceptors (Lipinski definition) is 4. The molecular formula is C17H17N3O3. The summed E-state index contributed by atoms with van der Waals surface area (Å²) in [4.78, 5) is 23.1. The van der Waals surface area contributed by atoms with Crippen LogP contribution in [0.1, 0.15) is 47.4 Å². The van der Waals surface area contributed by atoms with Gasteiger partial charge in [0.1, 0.15) is 6.17 Å². The molecule has 1 heterocycles. The minimum atomic E-state index is -0.489. The Labute approximate surface area is 133 Å². The lowest BCUT2D eigenvalue weighted by atomic mass is 9.97. The maximum absolute atomic E-state index is 12.2. The number of carbonyl (C=O) groups excluding carboxylic acids is 1. The fourth-order valence-corrected chi connectivity index (χ4v) is 2.76. The lowest BCUT2D eigenvalue weighted by Crippen LogP contribution is -2.38. The number of para-hydroxylation sites is 1. The first kappa shape index (κ1) is 15.0. The molecule has 6 nitrogen and oxygen atoms in total. The standard InChI is InChI=1S/C17H17N3O3/c1-10(2)12-8-7-11(9-15(12)20(22)23)16-18-14-6-4-3-5-13(14)17(21)19-16/h3-10,16,18H,1-2H3,(H,19,21)/t16-/m1/s1. The average molecular weight is 311 g/mol. The Morgan fingerprint density at radius 3 is 2.57 bits per heavy atom. The van der Waals surface area contributed by atoms with Gasteiger partial charge >= 0.3 is 0 Å². The van der Waals surface area contributed by atoms with Crippen molar-refractivity contribution in [3.8, 4) is 0 Å². The van der Waals surface area contributed by atoms with Gasteiger partial charge in [-0.1, -0.05) is 38.1 Å². The van der Waals surface area contributed by atoms with Crippen LogP contribution < -0.4 is 10.6 Å². The molecule has 3 rings (SSSR count). The monoisotopic (exact) mass is 311 g/mol. The van der Waals surface area contributed by atoms with Crippen LogP contribution in [-0.2, 0) is 0 Å². The SMILES string of the molecule is CC(C)c1ccc([C@H]2NC(=O)c3ccccc3N2)cc1[N+](=O)[O-]. The number of anilines is 1. The van der Waals surface area contributed by atoms with Crippen molar-refractivity contribution in [3.05, 3.63) is 69.3 Å². The minimum absolute atomic E-state index is 0.0547. The van der Waals surface area contributed by atoms with Gasteiger partial charge in [-0.3, -0.25) is 14.9 Å². The number of hydrogen-bond donors (Lipinski definition) is 2. The van der Waals surface area contributed by atoms with E-state index in [9.17, 15) is 14.9 Å². The van der Waals surface area contributed by atoms with Crippen molar-refractivity contribution in [3.63, 3.8) is 0 Å². The van der Waals surface area contributed by atoms with Crippen molar-refractivity contribution in [1.29, 1.82) is 0 Å². The van der Waals surface area contributed by atoms with Crippen LogP contribution in [0, 0.1) is 10.1 Å². The molecule has 2 aromatic carbocycles. The lowest BCUT2D eigenvalue weighted by molar-refractivity contribution is -0.385. The molecule has 1 aliphatic heterocycles. The van der Waals surface area contributed by atoms with Gasteiger partial charge in [-0.25, -0.2) is 0 Å².